The number of thiophene rings is 1. The molecule has 110 valence electrons. The van der Waals surface area contributed by atoms with E-state index in [1.54, 1.807) is 17.5 Å². The molecule has 2 amide bonds. The van der Waals surface area contributed by atoms with Gasteiger partial charge in [0.2, 0.25) is 0 Å². The van der Waals surface area contributed by atoms with E-state index in [0.29, 0.717) is 6.54 Å². The average Bonchev–Trinajstić information content (AvgIpc) is 3.01. The van der Waals surface area contributed by atoms with E-state index in [1.807, 2.05) is 23.1 Å². The van der Waals surface area contributed by atoms with Crippen LogP contribution in [0.1, 0.15) is 35.5 Å². The lowest BCUT2D eigenvalue weighted by molar-refractivity contribution is 0.167. The maximum Gasteiger partial charge on any atom is 0.318 e. The van der Waals surface area contributed by atoms with Crippen LogP contribution in [0.25, 0.3) is 0 Å². The van der Waals surface area contributed by atoms with Gasteiger partial charge >= 0.3 is 6.03 Å². The molecule has 1 aliphatic rings. The van der Waals surface area contributed by atoms with E-state index in [0.717, 1.165) is 25.1 Å². The number of nitrogens with zero attached hydrogens (tertiary/aromatic N) is 2. The van der Waals surface area contributed by atoms with Gasteiger partial charge in [-0.2, -0.15) is 0 Å². The molecule has 0 aromatic carbocycles. The Morgan fingerprint density at radius 1 is 1.48 bits per heavy atom. The highest BCUT2D eigenvalue weighted by molar-refractivity contribution is 7.10. The van der Waals surface area contributed by atoms with Gasteiger partial charge in [-0.1, -0.05) is 13.0 Å². The molecule has 5 heteroatoms. The first-order valence-corrected chi connectivity index (χ1v) is 8.18. The van der Waals surface area contributed by atoms with E-state index in [-0.39, 0.29) is 12.1 Å². The van der Waals surface area contributed by atoms with E-state index >= 15 is 0 Å². The summed E-state index contributed by atoms with van der Waals surface area (Å²) in [5.41, 5.74) is 2.20. The maximum atomic E-state index is 12.5. The molecule has 2 aromatic rings. The topological polar surface area (TPSA) is 45.2 Å². The first-order chi connectivity index (χ1) is 10.3. The molecule has 2 aromatic heterocycles. The molecule has 0 radical (unpaired) electrons. The van der Waals surface area contributed by atoms with Crippen LogP contribution in [0.4, 0.5) is 4.79 Å². The molecule has 4 nitrogen and oxygen atoms in total. The van der Waals surface area contributed by atoms with Gasteiger partial charge in [0, 0.05) is 17.6 Å². The van der Waals surface area contributed by atoms with Crippen LogP contribution < -0.4 is 5.32 Å². The Kier molecular flexibility index (Phi) is 4.20. The Labute approximate surface area is 128 Å². The van der Waals surface area contributed by atoms with Gasteiger partial charge in [-0.15, -0.1) is 11.3 Å². The number of carbonyl (C=O) groups excluding carboxylic acids is 1. The number of pyridine rings is 1. The molecule has 1 aliphatic heterocycles. The molecule has 0 saturated heterocycles. The van der Waals surface area contributed by atoms with Crippen LogP contribution in [0.2, 0.25) is 0 Å². The van der Waals surface area contributed by atoms with Crippen molar-refractivity contribution in [3.05, 3.63) is 52.0 Å². The molecule has 0 saturated carbocycles. The summed E-state index contributed by atoms with van der Waals surface area (Å²) >= 11 is 1.80. The van der Waals surface area contributed by atoms with Crippen LogP contribution >= 0.6 is 11.3 Å². The fourth-order valence-corrected chi connectivity index (χ4v) is 3.78. The summed E-state index contributed by atoms with van der Waals surface area (Å²) in [6.07, 6.45) is 3.65. The largest absolute Gasteiger partial charge is 0.332 e. The Bertz CT molecular complexity index is 611. The zero-order valence-electron chi connectivity index (χ0n) is 12.1. The predicted molar refractivity (Wildman–Crippen MR) is 84.2 cm³/mol. The first-order valence-electron chi connectivity index (χ1n) is 7.30. The molecule has 3 heterocycles. The number of nitrogens with one attached hydrogen (secondary N) is 1. The summed E-state index contributed by atoms with van der Waals surface area (Å²) in [6, 6.07) is 8.09. The highest BCUT2D eigenvalue weighted by Gasteiger charge is 2.30. The van der Waals surface area contributed by atoms with Gasteiger partial charge < -0.3 is 10.2 Å². The fourth-order valence-electron chi connectivity index (χ4n) is 2.85. The summed E-state index contributed by atoms with van der Waals surface area (Å²) in [5, 5.41) is 5.11. The normalized spacial score (nSPS) is 17.4. The van der Waals surface area contributed by atoms with Crippen molar-refractivity contribution in [3.8, 4) is 0 Å². The standard InChI is InChI=1S/C16H19N3OS/c1-2-14-13-7-10-21-15(13)6-9-19(14)16(20)18-11-12-5-3-4-8-17-12/h3-5,7-8,10,14H,2,6,9,11H2,1H3,(H,18,20)/t14-/m1/s1. The van der Waals surface area contributed by atoms with Crippen LogP contribution in [0.15, 0.2) is 35.8 Å². The van der Waals surface area contributed by atoms with Crippen LogP contribution in [-0.4, -0.2) is 22.5 Å². The van der Waals surface area contributed by atoms with Crippen LogP contribution in [-0.2, 0) is 13.0 Å². The van der Waals surface area contributed by atoms with Gasteiger partial charge in [-0.3, -0.25) is 4.98 Å². The van der Waals surface area contributed by atoms with Gasteiger partial charge in [-0.05, 0) is 42.0 Å². The number of carbonyl (C=O) groups is 1. The zero-order valence-corrected chi connectivity index (χ0v) is 12.9. The van der Waals surface area contributed by atoms with E-state index in [9.17, 15) is 4.79 Å². The Morgan fingerprint density at radius 3 is 3.14 bits per heavy atom. The number of urea groups is 1. The minimum Gasteiger partial charge on any atom is -0.332 e. The molecule has 21 heavy (non-hydrogen) atoms. The van der Waals surface area contributed by atoms with Gasteiger partial charge in [0.05, 0.1) is 18.3 Å². The highest BCUT2D eigenvalue weighted by Crippen LogP contribution is 2.35. The van der Waals surface area contributed by atoms with E-state index in [1.165, 1.54) is 10.4 Å². The van der Waals surface area contributed by atoms with Crippen molar-refractivity contribution in [2.24, 2.45) is 0 Å². The van der Waals surface area contributed by atoms with Crippen LogP contribution in [0, 0.1) is 0 Å². The molecule has 0 aliphatic carbocycles. The molecular weight excluding hydrogens is 282 g/mol. The fraction of sp³-hybridized carbons (Fsp3) is 0.375. The quantitative estimate of drug-likeness (QED) is 0.945. The van der Waals surface area contributed by atoms with E-state index in [2.05, 4.69) is 28.7 Å². The van der Waals surface area contributed by atoms with Crippen LogP contribution in [0.3, 0.4) is 0 Å². The molecular formula is C16H19N3OS. The monoisotopic (exact) mass is 301 g/mol. The van der Waals surface area contributed by atoms with Crippen molar-refractivity contribution in [2.45, 2.75) is 32.4 Å². The van der Waals surface area contributed by atoms with Gasteiger partial charge in [0.15, 0.2) is 0 Å². The summed E-state index contributed by atoms with van der Waals surface area (Å²) in [4.78, 5) is 20.1. The smallest absolute Gasteiger partial charge is 0.318 e. The maximum absolute atomic E-state index is 12.5. The summed E-state index contributed by atoms with van der Waals surface area (Å²) < 4.78 is 0. The number of amides is 2. The minimum absolute atomic E-state index is 0.00403. The van der Waals surface area contributed by atoms with Crippen molar-refractivity contribution in [1.82, 2.24) is 15.2 Å². The Hall–Kier alpha value is -1.88. The number of rotatable bonds is 3. The van der Waals surface area contributed by atoms with Crippen molar-refractivity contribution in [2.75, 3.05) is 6.54 Å². The molecule has 0 fully saturated rings. The Morgan fingerprint density at radius 2 is 2.38 bits per heavy atom. The van der Waals surface area contributed by atoms with Crippen molar-refractivity contribution >= 4 is 17.4 Å². The number of aromatic nitrogens is 1. The Balaban J connectivity index is 1.67. The molecule has 0 spiro atoms. The third-order valence-electron chi connectivity index (χ3n) is 3.89. The van der Waals surface area contributed by atoms with Crippen LogP contribution in [0.5, 0.6) is 0 Å². The van der Waals surface area contributed by atoms with Crippen molar-refractivity contribution in [3.63, 3.8) is 0 Å². The average molecular weight is 301 g/mol. The second-order valence-corrected chi connectivity index (χ2v) is 6.15. The van der Waals surface area contributed by atoms with E-state index < -0.39 is 0 Å². The van der Waals surface area contributed by atoms with E-state index in [4.69, 9.17) is 0 Å². The number of fused-ring (bicyclic) bond motifs is 1. The lowest BCUT2D eigenvalue weighted by atomic mass is 9.98. The molecule has 0 bridgehead atoms. The first kappa shape index (κ1) is 14.1. The predicted octanol–water partition coefficient (Wildman–Crippen LogP) is 3.36. The lowest BCUT2D eigenvalue weighted by Crippen LogP contribution is -2.45. The minimum atomic E-state index is 0.00403. The zero-order chi connectivity index (χ0) is 14.7. The van der Waals surface area contributed by atoms with Gasteiger partial charge in [0.25, 0.3) is 0 Å². The third-order valence-corrected chi connectivity index (χ3v) is 4.89. The molecule has 0 unspecified atom stereocenters. The summed E-state index contributed by atoms with van der Waals surface area (Å²) in [7, 11) is 0. The molecule has 1 N–H and O–H groups in total. The van der Waals surface area contributed by atoms with Gasteiger partial charge in [-0.25, -0.2) is 4.79 Å². The number of hydrogen-bond donors (Lipinski definition) is 1. The highest BCUT2D eigenvalue weighted by atomic mass is 32.1. The number of hydrogen-bond acceptors (Lipinski definition) is 3. The lowest BCUT2D eigenvalue weighted by Gasteiger charge is -2.35. The summed E-state index contributed by atoms with van der Waals surface area (Å²) in [5.74, 6) is 0. The second-order valence-electron chi connectivity index (χ2n) is 5.15. The molecule has 3 rings (SSSR count). The third kappa shape index (κ3) is 2.93. The van der Waals surface area contributed by atoms with Crippen molar-refractivity contribution < 1.29 is 4.79 Å². The molecule has 1 atom stereocenters. The van der Waals surface area contributed by atoms with Crippen molar-refractivity contribution in [1.29, 1.82) is 0 Å². The summed E-state index contributed by atoms with van der Waals surface area (Å²) in [6.45, 7) is 3.40. The second kappa shape index (κ2) is 6.26. The SMILES string of the molecule is CC[C@@H]1c2ccsc2CCN1C(=O)NCc1ccccn1. The van der Waals surface area contributed by atoms with Gasteiger partial charge in [0.1, 0.15) is 0 Å².